The lowest BCUT2D eigenvalue weighted by Crippen LogP contribution is -2.32. The largest absolute Gasteiger partial charge is 0.497 e. The lowest BCUT2D eigenvalue weighted by atomic mass is 10.2. The van der Waals surface area contributed by atoms with E-state index in [9.17, 15) is 14.4 Å². The van der Waals surface area contributed by atoms with E-state index in [1.807, 2.05) is 0 Å². The minimum atomic E-state index is -0.464. The van der Waals surface area contributed by atoms with Crippen LogP contribution in [0.15, 0.2) is 42.5 Å². The standard InChI is InChI=1S/C19H20N2O6/c1-25-15-8-13(9-16(10-15)26-2)18(23)20-11-17(22)21-14-6-4-12(5-7-14)19(24)27-3/h4-10H,11H2,1-3H3,(H,20,23)(H,21,22). The van der Waals surface area contributed by atoms with E-state index in [1.54, 1.807) is 30.3 Å². The normalized spacial score (nSPS) is 9.89. The molecule has 0 saturated carbocycles. The number of methoxy groups -OCH3 is 3. The second-order valence-corrected chi connectivity index (χ2v) is 5.40. The monoisotopic (exact) mass is 372 g/mol. The van der Waals surface area contributed by atoms with Crippen molar-refractivity contribution in [3.8, 4) is 11.5 Å². The zero-order chi connectivity index (χ0) is 19.8. The zero-order valence-corrected chi connectivity index (χ0v) is 15.2. The summed E-state index contributed by atoms with van der Waals surface area (Å²) in [6.45, 7) is -0.225. The van der Waals surface area contributed by atoms with Crippen LogP contribution in [0.5, 0.6) is 11.5 Å². The van der Waals surface area contributed by atoms with Gasteiger partial charge < -0.3 is 24.8 Å². The second-order valence-electron chi connectivity index (χ2n) is 5.40. The topological polar surface area (TPSA) is 103 Å². The molecule has 0 aliphatic heterocycles. The maximum atomic E-state index is 12.2. The number of hydrogen-bond acceptors (Lipinski definition) is 6. The van der Waals surface area contributed by atoms with Gasteiger partial charge in [-0.2, -0.15) is 0 Å². The third-order valence-corrected chi connectivity index (χ3v) is 3.61. The van der Waals surface area contributed by atoms with E-state index >= 15 is 0 Å². The highest BCUT2D eigenvalue weighted by atomic mass is 16.5. The molecular weight excluding hydrogens is 352 g/mol. The molecule has 0 aromatic heterocycles. The molecule has 2 N–H and O–H groups in total. The Bertz CT molecular complexity index is 810. The van der Waals surface area contributed by atoms with Gasteiger partial charge in [-0.1, -0.05) is 0 Å². The van der Waals surface area contributed by atoms with Crippen molar-refractivity contribution in [1.29, 1.82) is 0 Å². The van der Waals surface area contributed by atoms with Crippen LogP contribution in [0.25, 0.3) is 0 Å². The van der Waals surface area contributed by atoms with E-state index in [4.69, 9.17) is 9.47 Å². The van der Waals surface area contributed by atoms with Gasteiger partial charge in [-0.3, -0.25) is 9.59 Å². The van der Waals surface area contributed by atoms with Gasteiger partial charge in [0.05, 0.1) is 33.4 Å². The first kappa shape index (κ1) is 19.8. The number of carbonyl (C=O) groups excluding carboxylic acids is 3. The Balaban J connectivity index is 1.93. The van der Waals surface area contributed by atoms with Gasteiger partial charge in [0.25, 0.3) is 5.91 Å². The van der Waals surface area contributed by atoms with Gasteiger partial charge in [-0.15, -0.1) is 0 Å². The molecule has 0 fully saturated rings. The number of hydrogen-bond donors (Lipinski definition) is 2. The van der Waals surface area contributed by atoms with Gasteiger partial charge in [0.15, 0.2) is 0 Å². The lowest BCUT2D eigenvalue weighted by Gasteiger charge is -2.10. The molecule has 2 aromatic rings. The Morgan fingerprint density at radius 1 is 0.852 bits per heavy atom. The molecule has 142 valence electrons. The average molecular weight is 372 g/mol. The Morgan fingerprint density at radius 3 is 1.96 bits per heavy atom. The number of nitrogens with one attached hydrogen (secondary N) is 2. The molecule has 8 nitrogen and oxygen atoms in total. The summed E-state index contributed by atoms with van der Waals surface area (Å²) in [7, 11) is 4.25. The van der Waals surface area contributed by atoms with Gasteiger partial charge in [0.2, 0.25) is 5.91 Å². The van der Waals surface area contributed by atoms with Gasteiger partial charge in [0, 0.05) is 17.3 Å². The van der Waals surface area contributed by atoms with Crippen LogP contribution in [0.3, 0.4) is 0 Å². The van der Waals surface area contributed by atoms with Crippen molar-refractivity contribution in [2.24, 2.45) is 0 Å². The molecule has 0 radical (unpaired) electrons. The molecule has 2 rings (SSSR count). The summed E-state index contributed by atoms with van der Waals surface area (Å²) < 4.78 is 14.8. The minimum absolute atomic E-state index is 0.225. The number of anilines is 1. The Labute approximate surface area is 156 Å². The van der Waals surface area contributed by atoms with Crippen LogP contribution >= 0.6 is 0 Å². The Kier molecular flexibility index (Phi) is 6.76. The molecule has 0 aliphatic rings. The number of ether oxygens (including phenoxy) is 3. The Hall–Kier alpha value is -3.55. The highest BCUT2D eigenvalue weighted by Crippen LogP contribution is 2.22. The summed E-state index contributed by atoms with van der Waals surface area (Å²) in [5, 5.41) is 5.15. The predicted molar refractivity (Wildman–Crippen MR) is 98.3 cm³/mol. The summed E-state index contributed by atoms with van der Waals surface area (Å²) in [4.78, 5) is 35.6. The van der Waals surface area contributed by atoms with Crippen LogP contribution in [0.4, 0.5) is 5.69 Å². The van der Waals surface area contributed by atoms with Crippen molar-refractivity contribution in [2.45, 2.75) is 0 Å². The summed E-state index contributed by atoms with van der Waals surface area (Å²) >= 11 is 0. The number of carbonyl (C=O) groups is 3. The van der Waals surface area contributed by atoms with E-state index in [0.29, 0.717) is 28.3 Å². The fourth-order valence-corrected chi connectivity index (χ4v) is 2.21. The van der Waals surface area contributed by atoms with Crippen molar-refractivity contribution in [3.63, 3.8) is 0 Å². The highest BCUT2D eigenvalue weighted by Gasteiger charge is 2.12. The molecular formula is C19H20N2O6. The zero-order valence-electron chi connectivity index (χ0n) is 15.2. The van der Waals surface area contributed by atoms with Crippen molar-refractivity contribution < 1.29 is 28.6 Å². The third-order valence-electron chi connectivity index (χ3n) is 3.61. The van der Waals surface area contributed by atoms with E-state index in [2.05, 4.69) is 15.4 Å². The summed E-state index contributed by atoms with van der Waals surface area (Å²) in [6, 6.07) is 10.9. The molecule has 0 bridgehead atoms. The molecule has 2 aromatic carbocycles. The molecule has 0 heterocycles. The maximum Gasteiger partial charge on any atom is 0.337 e. The maximum absolute atomic E-state index is 12.2. The fourth-order valence-electron chi connectivity index (χ4n) is 2.21. The van der Waals surface area contributed by atoms with Crippen molar-refractivity contribution >= 4 is 23.5 Å². The van der Waals surface area contributed by atoms with E-state index in [1.165, 1.54) is 33.5 Å². The van der Waals surface area contributed by atoms with Crippen LogP contribution in [-0.2, 0) is 9.53 Å². The van der Waals surface area contributed by atoms with Crippen LogP contribution < -0.4 is 20.1 Å². The van der Waals surface area contributed by atoms with Crippen molar-refractivity contribution in [2.75, 3.05) is 33.2 Å². The lowest BCUT2D eigenvalue weighted by molar-refractivity contribution is -0.115. The number of amides is 2. The van der Waals surface area contributed by atoms with Crippen molar-refractivity contribution in [1.82, 2.24) is 5.32 Å². The molecule has 0 atom stereocenters. The van der Waals surface area contributed by atoms with Crippen molar-refractivity contribution in [3.05, 3.63) is 53.6 Å². The molecule has 2 amide bonds. The van der Waals surface area contributed by atoms with E-state index in [-0.39, 0.29) is 6.54 Å². The van der Waals surface area contributed by atoms with Crippen LogP contribution in [-0.4, -0.2) is 45.7 Å². The second kappa shape index (κ2) is 9.23. The summed E-state index contributed by atoms with van der Waals surface area (Å²) in [6.07, 6.45) is 0. The highest BCUT2D eigenvalue weighted by molar-refractivity contribution is 6.00. The van der Waals surface area contributed by atoms with Crippen LogP contribution in [0, 0.1) is 0 Å². The molecule has 0 saturated heterocycles. The molecule has 0 spiro atoms. The third kappa shape index (κ3) is 5.46. The molecule has 0 unspecified atom stereocenters. The quantitative estimate of drug-likeness (QED) is 0.719. The predicted octanol–water partition coefficient (Wildman–Crippen LogP) is 1.86. The molecule has 8 heteroatoms. The van der Waals surface area contributed by atoms with Gasteiger partial charge >= 0.3 is 5.97 Å². The fraction of sp³-hybridized carbons (Fsp3) is 0.211. The molecule has 0 aliphatic carbocycles. The van der Waals surface area contributed by atoms with Crippen LogP contribution in [0.2, 0.25) is 0 Å². The number of esters is 1. The van der Waals surface area contributed by atoms with Gasteiger partial charge in [-0.25, -0.2) is 4.79 Å². The Morgan fingerprint density at radius 2 is 1.44 bits per heavy atom. The van der Waals surface area contributed by atoms with Crippen LogP contribution in [0.1, 0.15) is 20.7 Å². The minimum Gasteiger partial charge on any atom is -0.497 e. The first-order chi connectivity index (χ1) is 13.0. The van der Waals surface area contributed by atoms with Gasteiger partial charge in [0.1, 0.15) is 11.5 Å². The number of rotatable bonds is 7. The summed E-state index contributed by atoms with van der Waals surface area (Å²) in [5.41, 5.74) is 1.17. The van der Waals surface area contributed by atoms with Gasteiger partial charge in [-0.05, 0) is 36.4 Å². The first-order valence-electron chi connectivity index (χ1n) is 7.96. The summed E-state index contributed by atoms with van der Waals surface area (Å²) in [5.74, 6) is -0.384. The SMILES string of the molecule is COC(=O)c1ccc(NC(=O)CNC(=O)c2cc(OC)cc(OC)c2)cc1. The van der Waals surface area contributed by atoms with E-state index < -0.39 is 17.8 Å². The van der Waals surface area contributed by atoms with E-state index in [0.717, 1.165) is 0 Å². The first-order valence-corrected chi connectivity index (χ1v) is 7.96. The number of benzene rings is 2. The average Bonchev–Trinajstić information content (AvgIpc) is 2.71. The molecule has 27 heavy (non-hydrogen) atoms. The smallest absolute Gasteiger partial charge is 0.337 e.